The van der Waals surface area contributed by atoms with Gasteiger partial charge in [-0.1, -0.05) is 43.0 Å². The number of H-pyrrole nitrogens is 1. The summed E-state index contributed by atoms with van der Waals surface area (Å²) in [5.41, 5.74) is 8.77. The molecule has 4 fully saturated rings. The Morgan fingerprint density at radius 2 is 1.81 bits per heavy atom. The topological polar surface area (TPSA) is 200 Å². The van der Waals surface area contributed by atoms with E-state index in [9.17, 15) is 30.3 Å². The molecule has 16 rings (SSSR count). The molecule has 1 saturated heterocycles. The quantitative estimate of drug-likeness (QED) is 0.0944. The normalized spacial score (nSPS) is 34.5. The number of aromatic nitrogens is 1. The van der Waals surface area contributed by atoms with Gasteiger partial charge in [0.1, 0.15) is 41.7 Å². The molecule has 1 amide bonds. The molecule has 12 atom stereocenters. The van der Waals surface area contributed by atoms with Crippen molar-refractivity contribution < 1.29 is 58.8 Å². The number of aromatic amines is 1. The van der Waals surface area contributed by atoms with Crippen LogP contribution in [0.25, 0.3) is 33.3 Å². The van der Waals surface area contributed by atoms with E-state index < -0.39 is 54.3 Å². The highest BCUT2D eigenvalue weighted by atomic mass is 16.7. The zero-order valence-electron chi connectivity index (χ0n) is 44.5. The van der Waals surface area contributed by atoms with Gasteiger partial charge in [-0.05, 0) is 170 Å². The number of aryl methyl sites for hydroxylation is 3. The SMILES string of the molecule is COc1c2c3c4c(O)c(c5c6c4c1CCC6=CC1CCCC51)C(=O)CN1Cc4c(cccc4C1=O)CC#COC1C(O)C(COC(c4c[nH]c5cc6c7c(c45)CCCC4CC5CCCC5(O)CC74CC6)C=C2)OC(O3)C1(O)CO. The number of allylic oxidation sites excluding steroid dienone is 2. The Kier molecular flexibility index (Phi) is 10.7. The van der Waals surface area contributed by atoms with Gasteiger partial charge in [0.05, 0.1) is 49.0 Å². The number of aliphatic hydroxyl groups is 4. The number of aromatic hydroxyl groups is 1. The predicted molar refractivity (Wildman–Crippen MR) is 292 cm³/mol. The van der Waals surface area contributed by atoms with Gasteiger partial charge in [-0.15, -0.1) is 0 Å². The number of carbonyl (C=O) groups is 2. The Bertz CT molecular complexity index is 3660. The van der Waals surface area contributed by atoms with Crippen LogP contribution in [0, 0.1) is 29.8 Å². The summed E-state index contributed by atoms with van der Waals surface area (Å²) in [4.78, 5) is 35.0. The molecule has 4 aromatic carbocycles. The van der Waals surface area contributed by atoms with Crippen molar-refractivity contribution in [1.29, 1.82) is 0 Å². The molecule has 0 radical (unpaired) electrons. The van der Waals surface area contributed by atoms with Gasteiger partial charge < -0.3 is 59.1 Å². The fourth-order valence-electron chi connectivity index (χ4n) is 18.1. The number of nitrogens with one attached hydrogen (secondary N) is 1. The van der Waals surface area contributed by atoms with E-state index in [4.69, 9.17) is 23.7 Å². The molecule has 5 aromatic rings. The second-order valence-corrected chi connectivity index (χ2v) is 25.2. The maximum absolute atomic E-state index is 15.6. The van der Waals surface area contributed by atoms with Gasteiger partial charge in [0.2, 0.25) is 6.29 Å². The van der Waals surface area contributed by atoms with Crippen LogP contribution in [0.4, 0.5) is 0 Å². The Morgan fingerprint density at radius 3 is 2.68 bits per heavy atom. The number of ketones is 1. The van der Waals surface area contributed by atoms with Crippen LogP contribution >= 0.6 is 0 Å². The molecule has 11 aliphatic rings. The average Bonchev–Trinajstić information content (AvgIpc) is 3.26. The third-order valence-corrected chi connectivity index (χ3v) is 21.6. The first-order valence-corrected chi connectivity index (χ1v) is 29.2. The van der Waals surface area contributed by atoms with Crippen LogP contribution in [0.1, 0.15) is 165 Å². The number of hydrogen-bond acceptors (Lipinski definition) is 12. The number of rotatable bonds is 3. The second-order valence-electron chi connectivity index (χ2n) is 25.2. The Morgan fingerprint density at radius 1 is 0.924 bits per heavy atom. The monoisotopic (exact) mass is 1070 g/mol. The van der Waals surface area contributed by atoms with Gasteiger partial charge in [0, 0.05) is 57.6 Å². The van der Waals surface area contributed by atoms with Crippen LogP contribution in [0.2, 0.25) is 0 Å². The Hall–Kier alpha value is -6.18. The number of ether oxygens (including phenoxy) is 5. The third-order valence-electron chi connectivity index (χ3n) is 21.6. The lowest BCUT2D eigenvalue weighted by Crippen LogP contribution is -2.70. The van der Waals surface area contributed by atoms with Gasteiger partial charge in [0.15, 0.2) is 17.5 Å². The maximum atomic E-state index is 15.6. The number of aliphatic hydroxyl groups excluding tert-OH is 2. The molecule has 79 heavy (non-hydrogen) atoms. The molecule has 408 valence electrons. The maximum Gasteiger partial charge on any atom is 0.254 e. The fourth-order valence-corrected chi connectivity index (χ4v) is 18.1. The van der Waals surface area contributed by atoms with Crippen LogP contribution in [-0.4, -0.2) is 110 Å². The molecule has 4 aliphatic heterocycles. The number of benzene rings is 4. The number of Topliss-reactive ketones (excluding diaryl/α,β-unsaturated/α-hetero) is 1. The van der Waals surface area contributed by atoms with Crippen molar-refractivity contribution in [3.05, 3.63) is 109 Å². The number of methoxy groups -OCH3 is 1. The van der Waals surface area contributed by atoms with E-state index in [2.05, 4.69) is 29.2 Å². The minimum absolute atomic E-state index is 0.0284. The average molecular weight is 1070 g/mol. The van der Waals surface area contributed by atoms with E-state index >= 15 is 4.79 Å². The van der Waals surface area contributed by atoms with Crippen LogP contribution in [0.15, 0.2) is 42.6 Å². The van der Waals surface area contributed by atoms with Gasteiger partial charge in [-0.2, -0.15) is 0 Å². The number of carbonyl (C=O) groups excluding carboxylic acids is 2. The molecule has 8 bridgehead atoms. The summed E-state index contributed by atoms with van der Waals surface area (Å²) in [5, 5.41) is 64.6. The zero-order chi connectivity index (χ0) is 53.4. The highest BCUT2D eigenvalue weighted by Gasteiger charge is 2.61. The minimum atomic E-state index is -2.47. The summed E-state index contributed by atoms with van der Waals surface area (Å²) in [5.74, 6) is 3.49. The summed E-state index contributed by atoms with van der Waals surface area (Å²) in [6, 6.07) is 7.74. The van der Waals surface area contributed by atoms with Gasteiger partial charge in [0.25, 0.3) is 5.91 Å². The number of phenols is 1. The first kappa shape index (κ1) is 48.7. The first-order chi connectivity index (χ1) is 38.4. The van der Waals surface area contributed by atoms with Crippen molar-refractivity contribution in [3.63, 3.8) is 0 Å². The van der Waals surface area contributed by atoms with Crippen molar-refractivity contribution in [3.8, 4) is 29.3 Å². The minimum Gasteiger partial charge on any atom is -0.506 e. The highest BCUT2D eigenvalue weighted by Crippen LogP contribution is 2.64. The van der Waals surface area contributed by atoms with Crippen molar-refractivity contribution in [2.24, 2.45) is 17.8 Å². The summed E-state index contributed by atoms with van der Waals surface area (Å²) in [7, 11) is 1.61. The van der Waals surface area contributed by atoms with E-state index in [0.29, 0.717) is 46.9 Å². The largest absolute Gasteiger partial charge is 0.506 e. The molecular formula is C65H66N2O12. The first-order valence-electron chi connectivity index (χ1n) is 29.2. The molecule has 14 heteroatoms. The summed E-state index contributed by atoms with van der Waals surface area (Å²) >= 11 is 0. The number of phenolic OH excluding ortho intramolecular Hbond substituents is 1. The molecule has 3 saturated carbocycles. The predicted octanol–water partition coefficient (Wildman–Crippen LogP) is 8.44. The van der Waals surface area contributed by atoms with E-state index in [-0.39, 0.29) is 71.7 Å². The second kappa shape index (κ2) is 17.4. The third kappa shape index (κ3) is 6.69. The van der Waals surface area contributed by atoms with E-state index in [0.717, 1.165) is 133 Å². The van der Waals surface area contributed by atoms with Crippen LogP contribution in [-0.2, 0) is 51.9 Å². The van der Waals surface area contributed by atoms with Crippen LogP contribution in [0.5, 0.6) is 17.2 Å². The standard InChI is InChI=1S/C65H66N2O12/c1-75-58-41-16-15-34-23-33-8-3-12-38(33)51-49(34)52(41)54-57(71)53(51)46(69)28-67-27-44-32(7-2-13-39(44)61(67)72)9-6-22-76-60-56(70)48-29-77-47(18-17-42(58)59(54)79-62(78-48)65(60,74)31-68)43-26-66-45-24-35-19-21-63-30-64(73)20-5-11-37(64)25-36(63)10-4-14-40(50(43)45)55(35)63/h2,7,13,17-18,23-24,26,33,36-38,47-48,56,60,62,66,68,70-71,73-74H,3-5,8-12,14-16,19-21,25,27-31H2,1H3. The lowest BCUT2D eigenvalue weighted by atomic mass is 9.55. The zero-order valence-corrected chi connectivity index (χ0v) is 44.5. The molecule has 14 nitrogen and oxygen atoms in total. The molecular weight excluding hydrogens is 1000 g/mol. The van der Waals surface area contributed by atoms with Crippen molar-refractivity contribution in [2.75, 3.05) is 26.9 Å². The number of amides is 1. The van der Waals surface area contributed by atoms with Gasteiger partial charge in [-0.3, -0.25) is 9.59 Å². The summed E-state index contributed by atoms with van der Waals surface area (Å²) in [6.07, 6.45) is 17.9. The number of fused-ring (bicyclic) bond motifs is 10. The molecule has 1 spiro atoms. The van der Waals surface area contributed by atoms with Crippen molar-refractivity contribution in [1.82, 2.24) is 9.88 Å². The smallest absolute Gasteiger partial charge is 0.254 e. The van der Waals surface area contributed by atoms with Crippen molar-refractivity contribution >= 4 is 45.0 Å². The molecule has 7 aliphatic carbocycles. The molecule has 1 aromatic heterocycles. The van der Waals surface area contributed by atoms with Gasteiger partial charge in [-0.25, -0.2) is 0 Å². The Labute approximate surface area is 457 Å². The lowest BCUT2D eigenvalue weighted by molar-refractivity contribution is -0.328. The number of hydrogen-bond donors (Lipinski definition) is 6. The summed E-state index contributed by atoms with van der Waals surface area (Å²) < 4.78 is 33.7. The van der Waals surface area contributed by atoms with E-state index in [1.54, 1.807) is 24.1 Å². The lowest BCUT2D eigenvalue weighted by Gasteiger charge is -2.51. The molecule has 5 heterocycles. The van der Waals surface area contributed by atoms with E-state index in [1.165, 1.54) is 16.7 Å². The van der Waals surface area contributed by atoms with E-state index in [1.807, 2.05) is 24.4 Å². The number of nitrogens with zero attached hydrogens (tertiary/aromatic N) is 1. The summed E-state index contributed by atoms with van der Waals surface area (Å²) in [6.45, 7) is -1.34. The highest BCUT2D eigenvalue weighted by molar-refractivity contribution is 6.17. The Balaban J connectivity index is 0.938. The fraction of sp³-hybridized carbons (Fsp3) is 0.508. The van der Waals surface area contributed by atoms with Crippen LogP contribution < -0.4 is 9.47 Å². The van der Waals surface area contributed by atoms with Crippen molar-refractivity contribution in [2.45, 2.75) is 163 Å². The molecule has 6 N–H and O–H groups in total. The van der Waals surface area contributed by atoms with Gasteiger partial charge >= 0.3 is 0 Å². The van der Waals surface area contributed by atoms with Crippen LogP contribution in [0.3, 0.4) is 0 Å². The molecule has 12 unspecified atom stereocenters.